The lowest BCUT2D eigenvalue weighted by Gasteiger charge is -2.35. The van der Waals surface area contributed by atoms with E-state index in [0.717, 1.165) is 34.5 Å². The zero-order valence-corrected chi connectivity index (χ0v) is 26.7. The van der Waals surface area contributed by atoms with E-state index in [1.54, 1.807) is 20.8 Å². The minimum Gasteiger partial charge on any atom is -0.489 e. The number of ether oxygens (including phenoxy) is 3. The molecule has 2 amide bonds. The van der Waals surface area contributed by atoms with Gasteiger partial charge in [0.05, 0.1) is 7.11 Å². The van der Waals surface area contributed by atoms with Gasteiger partial charge in [0.15, 0.2) is 0 Å². The number of carbonyl (C=O) groups is 3. The molecule has 1 heterocycles. The molecule has 0 spiro atoms. The van der Waals surface area contributed by atoms with Gasteiger partial charge in [0, 0.05) is 25.2 Å². The van der Waals surface area contributed by atoms with Gasteiger partial charge in [-0.2, -0.15) is 0 Å². The summed E-state index contributed by atoms with van der Waals surface area (Å²) in [6.07, 6.45) is 0.591. The molecule has 0 aromatic heterocycles. The highest BCUT2D eigenvalue weighted by Crippen LogP contribution is 2.29. The van der Waals surface area contributed by atoms with Crippen LogP contribution in [0.25, 0.3) is 11.1 Å². The Morgan fingerprint density at radius 3 is 2.38 bits per heavy atom. The van der Waals surface area contributed by atoms with Crippen molar-refractivity contribution in [2.45, 2.75) is 71.2 Å². The fourth-order valence-corrected chi connectivity index (χ4v) is 5.09. The van der Waals surface area contributed by atoms with Gasteiger partial charge in [-0.15, -0.1) is 0 Å². The third-order valence-electron chi connectivity index (χ3n) is 7.18. The number of anilines is 1. The Hall–Kier alpha value is -4.57. The molecule has 0 radical (unpaired) electrons. The molecule has 0 aliphatic carbocycles. The Morgan fingerprint density at radius 1 is 0.978 bits per heavy atom. The number of nitrogens with zero attached hydrogens (tertiary/aromatic N) is 1. The lowest BCUT2D eigenvalue weighted by Crippen LogP contribution is -2.60. The van der Waals surface area contributed by atoms with Crippen molar-refractivity contribution in [2.24, 2.45) is 0 Å². The summed E-state index contributed by atoms with van der Waals surface area (Å²) < 4.78 is 16.6. The van der Waals surface area contributed by atoms with E-state index in [0.29, 0.717) is 31.7 Å². The largest absolute Gasteiger partial charge is 0.489 e. The topological polar surface area (TPSA) is 118 Å². The molecular weight excluding hydrogens is 572 g/mol. The lowest BCUT2D eigenvalue weighted by molar-refractivity contribution is -0.150. The number of hydrogen-bond acceptors (Lipinski definition) is 8. The van der Waals surface area contributed by atoms with Crippen molar-refractivity contribution in [3.63, 3.8) is 0 Å². The predicted molar refractivity (Wildman–Crippen MR) is 174 cm³/mol. The van der Waals surface area contributed by atoms with Crippen LogP contribution in [0.1, 0.15) is 51.7 Å². The molecule has 4 rings (SSSR count). The van der Waals surface area contributed by atoms with Gasteiger partial charge in [0.25, 0.3) is 5.91 Å². The molecule has 2 atom stereocenters. The van der Waals surface area contributed by atoms with Gasteiger partial charge in [-0.25, -0.2) is 10.2 Å². The number of esters is 1. The Morgan fingerprint density at radius 2 is 1.71 bits per heavy atom. The standard InChI is InChI=1S/C35H44N4O6/c1-6-36-28-16-14-26(15-17-28)27-19-25(20-29(22-27)44-23-24-11-8-7-9-12-24)21-31(37-34(42)45-35(2,3)4)32(40)39-18-10-13-30(38-39)33(41)43-5/h7-9,11-12,14-17,19-20,22,30-31,36,38H,6,10,13,18,21,23H2,1-5H3,(H,37,42)/t30-,31-/m0/s1. The maximum absolute atomic E-state index is 13.9. The smallest absolute Gasteiger partial charge is 0.408 e. The molecule has 0 unspecified atom stereocenters. The van der Waals surface area contributed by atoms with E-state index in [1.165, 1.54) is 12.1 Å². The number of methoxy groups -OCH3 is 1. The SMILES string of the molecule is CCNc1ccc(-c2cc(C[C@H](NC(=O)OC(C)(C)C)C(=O)N3CCC[C@@H](C(=O)OC)N3)cc(OCc3ccccc3)c2)cc1. The lowest BCUT2D eigenvalue weighted by atomic mass is 9.98. The second-order valence-electron chi connectivity index (χ2n) is 12.0. The molecule has 3 aromatic carbocycles. The van der Waals surface area contributed by atoms with Crippen LogP contribution in [0, 0.1) is 0 Å². The monoisotopic (exact) mass is 616 g/mol. The third-order valence-corrected chi connectivity index (χ3v) is 7.18. The molecule has 10 nitrogen and oxygen atoms in total. The fourth-order valence-electron chi connectivity index (χ4n) is 5.09. The van der Waals surface area contributed by atoms with Crippen LogP contribution >= 0.6 is 0 Å². The van der Waals surface area contributed by atoms with Gasteiger partial charge in [0.2, 0.25) is 0 Å². The highest BCUT2D eigenvalue weighted by atomic mass is 16.6. The quantitative estimate of drug-likeness (QED) is 0.243. The molecule has 45 heavy (non-hydrogen) atoms. The summed E-state index contributed by atoms with van der Waals surface area (Å²) in [4.78, 5) is 39.1. The Balaban J connectivity index is 1.65. The number of hydrogen-bond donors (Lipinski definition) is 3. The van der Waals surface area contributed by atoms with Crippen LogP contribution in [0.2, 0.25) is 0 Å². The maximum Gasteiger partial charge on any atom is 0.408 e. The van der Waals surface area contributed by atoms with Crippen molar-refractivity contribution in [3.05, 3.63) is 83.9 Å². The highest BCUT2D eigenvalue weighted by Gasteiger charge is 2.34. The summed E-state index contributed by atoms with van der Waals surface area (Å²) in [5.74, 6) is -0.203. The van der Waals surface area contributed by atoms with E-state index in [4.69, 9.17) is 14.2 Å². The second kappa shape index (κ2) is 15.4. The molecule has 1 aliphatic rings. The number of nitrogens with one attached hydrogen (secondary N) is 3. The zero-order chi connectivity index (χ0) is 32.4. The number of rotatable bonds is 11. The summed E-state index contributed by atoms with van der Waals surface area (Å²) in [5, 5.41) is 7.48. The maximum atomic E-state index is 13.9. The molecule has 0 saturated carbocycles. The van der Waals surface area contributed by atoms with Crippen LogP contribution in [0.3, 0.4) is 0 Å². The van der Waals surface area contributed by atoms with E-state index in [-0.39, 0.29) is 12.3 Å². The number of amides is 2. The molecule has 3 aromatic rings. The summed E-state index contributed by atoms with van der Waals surface area (Å²) in [5.41, 5.74) is 6.93. The van der Waals surface area contributed by atoms with Crippen LogP contribution in [0.15, 0.2) is 72.8 Å². The van der Waals surface area contributed by atoms with E-state index in [1.807, 2.05) is 79.7 Å². The van der Waals surface area contributed by atoms with Crippen LogP contribution < -0.4 is 20.8 Å². The van der Waals surface area contributed by atoms with Gasteiger partial charge >= 0.3 is 12.1 Å². The summed E-state index contributed by atoms with van der Waals surface area (Å²) in [6.45, 7) is 8.90. The summed E-state index contributed by atoms with van der Waals surface area (Å²) in [7, 11) is 1.32. The van der Waals surface area contributed by atoms with E-state index in [9.17, 15) is 14.4 Å². The molecule has 3 N–H and O–H groups in total. The van der Waals surface area contributed by atoms with Crippen molar-refractivity contribution in [1.29, 1.82) is 0 Å². The first-order chi connectivity index (χ1) is 21.5. The first-order valence-electron chi connectivity index (χ1n) is 15.3. The van der Waals surface area contributed by atoms with Crippen molar-refractivity contribution < 1.29 is 28.6 Å². The molecular formula is C35H44N4O6. The second-order valence-corrected chi connectivity index (χ2v) is 12.0. The van der Waals surface area contributed by atoms with E-state index >= 15 is 0 Å². The molecule has 240 valence electrons. The van der Waals surface area contributed by atoms with Crippen molar-refractivity contribution in [3.8, 4) is 16.9 Å². The van der Waals surface area contributed by atoms with Gasteiger partial charge in [0.1, 0.15) is 30.0 Å². The van der Waals surface area contributed by atoms with Crippen molar-refractivity contribution in [1.82, 2.24) is 15.8 Å². The summed E-state index contributed by atoms with van der Waals surface area (Å²) >= 11 is 0. The molecule has 1 fully saturated rings. The minimum atomic E-state index is -0.989. The van der Waals surface area contributed by atoms with Crippen LogP contribution in [-0.4, -0.2) is 60.9 Å². The number of carbonyl (C=O) groups excluding carboxylic acids is 3. The van der Waals surface area contributed by atoms with Crippen LogP contribution in [0.5, 0.6) is 5.75 Å². The van der Waals surface area contributed by atoms with Gasteiger partial charge in [-0.05, 0) is 87.1 Å². The Labute approximate surface area is 265 Å². The highest BCUT2D eigenvalue weighted by molar-refractivity contribution is 5.86. The van der Waals surface area contributed by atoms with Crippen molar-refractivity contribution >= 4 is 23.7 Å². The fraction of sp³-hybridized carbons (Fsp3) is 0.400. The van der Waals surface area contributed by atoms with Crippen molar-refractivity contribution in [2.75, 3.05) is 25.5 Å². The average Bonchev–Trinajstić information content (AvgIpc) is 3.03. The van der Waals surface area contributed by atoms with E-state index < -0.39 is 29.7 Å². The normalized spacial score (nSPS) is 15.5. The molecule has 1 saturated heterocycles. The molecule has 10 heteroatoms. The first-order valence-corrected chi connectivity index (χ1v) is 15.3. The third kappa shape index (κ3) is 9.97. The van der Waals surface area contributed by atoms with Crippen LogP contribution in [-0.2, 0) is 32.1 Å². The first kappa shape index (κ1) is 33.3. The molecule has 0 bridgehead atoms. The van der Waals surface area contributed by atoms with Gasteiger partial charge in [-0.3, -0.25) is 14.6 Å². The number of hydrazine groups is 1. The zero-order valence-electron chi connectivity index (χ0n) is 26.7. The van der Waals surface area contributed by atoms with Crippen LogP contribution in [0.4, 0.5) is 10.5 Å². The Kier molecular flexibility index (Phi) is 11.4. The average molecular weight is 617 g/mol. The minimum absolute atomic E-state index is 0.157. The van der Waals surface area contributed by atoms with Gasteiger partial charge < -0.3 is 24.8 Å². The number of alkyl carbamates (subject to hydrolysis) is 1. The number of benzene rings is 3. The Bertz CT molecular complexity index is 1440. The summed E-state index contributed by atoms with van der Waals surface area (Å²) in [6, 6.07) is 22.2. The molecule has 1 aliphatic heterocycles. The predicted octanol–water partition coefficient (Wildman–Crippen LogP) is 5.47. The van der Waals surface area contributed by atoms with Gasteiger partial charge in [-0.1, -0.05) is 48.5 Å². The van der Waals surface area contributed by atoms with E-state index in [2.05, 4.69) is 16.1 Å².